The van der Waals surface area contributed by atoms with E-state index in [-0.39, 0.29) is 5.92 Å². The third-order valence-corrected chi connectivity index (χ3v) is 3.31. The molecule has 0 spiro atoms. The molecule has 4 heteroatoms. The standard InChI is InChI=1S/C15H17BrN2O/c1-9(2)15-17-13(16)8-14(18-15)19-12-6-5-10(3)11(4)7-12/h5-9H,1-4H3. The second-order valence-electron chi connectivity index (χ2n) is 4.89. The zero-order valence-electron chi connectivity index (χ0n) is 11.6. The smallest absolute Gasteiger partial charge is 0.223 e. The Morgan fingerprint density at radius 3 is 2.42 bits per heavy atom. The monoisotopic (exact) mass is 320 g/mol. The highest BCUT2D eigenvalue weighted by Gasteiger charge is 2.08. The fourth-order valence-corrected chi connectivity index (χ4v) is 2.00. The van der Waals surface area contributed by atoms with Gasteiger partial charge in [0.25, 0.3) is 0 Å². The van der Waals surface area contributed by atoms with Crippen LogP contribution in [0, 0.1) is 13.8 Å². The molecule has 2 aromatic rings. The molecular weight excluding hydrogens is 304 g/mol. The summed E-state index contributed by atoms with van der Waals surface area (Å²) < 4.78 is 6.55. The minimum Gasteiger partial charge on any atom is -0.439 e. The van der Waals surface area contributed by atoms with Gasteiger partial charge < -0.3 is 4.74 Å². The summed E-state index contributed by atoms with van der Waals surface area (Å²) in [5, 5.41) is 0. The van der Waals surface area contributed by atoms with Crippen LogP contribution in [0.3, 0.4) is 0 Å². The maximum absolute atomic E-state index is 5.80. The highest BCUT2D eigenvalue weighted by molar-refractivity contribution is 9.10. The van der Waals surface area contributed by atoms with Crippen molar-refractivity contribution in [1.82, 2.24) is 9.97 Å². The molecule has 2 rings (SSSR count). The van der Waals surface area contributed by atoms with E-state index in [4.69, 9.17) is 4.74 Å². The predicted molar refractivity (Wildman–Crippen MR) is 79.8 cm³/mol. The highest BCUT2D eigenvalue weighted by atomic mass is 79.9. The van der Waals surface area contributed by atoms with Crippen molar-refractivity contribution in [3.63, 3.8) is 0 Å². The second-order valence-corrected chi connectivity index (χ2v) is 5.70. The first-order valence-electron chi connectivity index (χ1n) is 6.25. The van der Waals surface area contributed by atoms with Crippen LogP contribution in [0.1, 0.15) is 36.7 Å². The Bertz CT molecular complexity index is 597. The lowest BCUT2D eigenvalue weighted by Gasteiger charge is -2.10. The molecule has 0 fully saturated rings. The molecule has 3 nitrogen and oxygen atoms in total. The number of rotatable bonds is 3. The lowest BCUT2D eigenvalue weighted by molar-refractivity contribution is 0.455. The molecule has 0 radical (unpaired) electrons. The molecule has 1 heterocycles. The first-order chi connectivity index (χ1) is 8.95. The minimum absolute atomic E-state index is 0.264. The number of nitrogens with zero attached hydrogens (tertiary/aromatic N) is 2. The van der Waals surface area contributed by atoms with E-state index in [0.717, 1.165) is 16.2 Å². The van der Waals surface area contributed by atoms with Gasteiger partial charge in [-0.3, -0.25) is 0 Å². The third kappa shape index (κ3) is 3.53. The van der Waals surface area contributed by atoms with Crippen LogP contribution in [-0.2, 0) is 0 Å². The van der Waals surface area contributed by atoms with Gasteiger partial charge in [0.1, 0.15) is 16.2 Å². The number of hydrogen-bond donors (Lipinski definition) is 0. The summed E-state index contributed by atoms with van der Waals surface area (Å²) in [7, 11) is 0. The van der Waals surface area contributed by atoms with Gasteiger partial charge in [-0.15, -0.1) is 0 Å². The van der Waals surface area contributed by atoms with E-state index >= 15 is 0 Å². The van der Waals surface area contributed by atoms with E-state index in [1.165, 1.54) is 11.1 Å². The summed E-state index contributed by atoms with van der Waals surface area (Å²) in [6, 6.07) is 7.79. The number of aromatic nitrogens is 2. The summed E-state index contributed by atoms with van der Waals surface area (Å²) >= 11 is 3.39. The van der Waals surface area contributed by atoms with E-state index < -0.39 is 0 Å². The van der Waals surface area contributed by atoms with E-state index in [1.807, 2.05) is 18.2 Å². The lowest BCUT2D eigenvalue weighted by atomic mass is 10.1. The summed E-state index contributed by atoms with van der Waals surface area (Å²) in [5.74, 6) is 2.39. The molecule has 100 valence electrons. The molecule has 0 unspecified atom stereocenters. The Morgan fingerprint density at radius 2 is 1.79 bits per heavy atom. The first kappa shape index (κ1) is 14.0. The molecule has 0 saturated heterocycles. The van der Waals surface area contributed by atoms with Gasteiger partial charge in [0, 0.05) is 12.0 Å². The Morgan fingerprint density at radius 1 is 1.05 bits per heavy atom. The van der Waals surface area contributed by atoms with Crippen molar-refractivity contribution in [1.29, 1.82) is 0 Å². The van der Waals surface area contributed by atoms with Gasteiger partial charge in [0.15, 0.2) is 0 Å². The van der Waals surface area contributed by atoms with Crippen molar-refractivity contribution in [2.24, 2.45) is 0 Å². The average Bonchev–Trinajstić information content (AvgIpc) is 2.33. The van der Waals surface area contributed by atoms with Crippen LogP contribution >= 0.6 is 15.9 Å². The van der Waals surface area contributed by atoms with Gasteiger partial charge in [0.05, 0.1) is 0 Å². The largest absolute Gasteiger partial charge is 0.439 e. The SMILES string of the molecule is Cc1ccc(Oc2cc(Br)nc(C(C)C)n2)cc1C. The van der Waals surface area contributed by atoms with Crippen LogP contribution in [0.2, 0.25) is 0 Å². The fraction of sp³-hybridized carbons (Fsp3) is 0.333. The first-order valence-corrected chi connectivity index (χ1v) is 7.04. The second kappa shape index (κ2) is 5.70. The summed E-state index contributed by atoms with van der Waals surface area (Å²) in [6.07, 6.45) is 0. The Balaban J connectivity index is 2.29. The number of aryl methyl sites for hydroxylation is 2. The van der Waals surface area contributed by atoms with Crippen LogP contribution in [0.25, 0.3) is 0 Å². The molecule has 1 aromatic carbocycles. The maximum atomic E-state index is 5.80. The van der Waals surface area contributed by atoms with Crippen molar-refractivity contribution in [3.05, 3.63) is 45.8 Å². The molecule has 0 N–H and O–H groups in total. The molecule has 0 atom stereocenters. The Kier molecular flexibility index (Phi) is 4.20. The molecule has 0 bridgehead atoms. The van der Waals surface area contributed by atoms with Crippen LogP contribution in [0.5, 0.6) is 11.6 Å². The Hall–Kier alpha value is -1.42. The Labute approximate surface area is 122 Å². The molecule has 1 aromatic heterocycles. The summed E-state index contributed by atoms with van der Waals surface area (Å²) in [6.45, 7) is 8.26. The predicted octanol–water partition coefficient (Wildman–Crippen LogP) is 4.77. The van der Waals surface area contributed by atoms with Crippen molar-refractivity contribution >= 4 is 15.9 Å². The van der Waals surface area contributed by atoms with E-state index in [1.54, 1.807) is 6.07 Å². The van der Waals surface area contributed by atoms with Crippen LogP contribution in [0.15, 0.2) is 28.9 Å². The average molecular weight is 321 g/mol. The highest BCUT2D eigenvalue weighted by Crippen LogP contribution is 2.25. The van der Waals surface area contributed by atoms with Crippen LogP contribution in [0.4, 0.5) is 0 Å². The molecule has 19 heavy (non-hydrogen) atoms. The fourth-order valence-electron chi connectivity index (χ4n) is 1.62. The molecule has 0 saturated carbocycles. The maximum Gasteiger partial charge on any atom is 0.223 e. The third-order valence-electron chi connectivity index (χ3n) is 2.91. The van der Waals surface area contributed by atoms with Gasteiger partial charge in [-0.2, -0.15) is 4.98 Å². The van der Waals surface area contributed by atoms with Crippen molar-refractivity contribution in [3.8, 4) is 11.6 Å². The van der Waals surface area contributed by atoms with Crippen molar-refractivity contribution < 1.29 is 4.74 Å². The number of ether oxygens (including phenoxy) is 1. The van der Waals surface area contributed by atoms with E-state index in [2.05, 4.69) is 53.6 Å². The lowest BCUT2D eigenvalue weighted by Crippen LogP contribution is -2.00. The van der Waals surface area contributed by atoms with Gasteiger partial charge >= 0.3 is 0 Å². The van der Waals surface area contributed by atoms with Gasteiger partial charge in [-0.05, 0) is 53.0 Å². The quantitative estimate of drug-likeness (QED) is 0.764. The van der Waals surface area contributed by atoms with Crippen molar-refractivity contribution in [2.75, 3.05) is 0 Å². The van der Waals surface area contributed by atoms with E-state index in [0.29, 0.717) is 5.88 Å². The minimum atomic E-state index is 0.264. The van der Waals surface area contributed by atoms with Gasteiger partial charge in [-0.1, -0.05) is 19.9 Å². The number of halogens is 1. The van der Waals surface area contributed by atoms with Gasteiger partial charge in [-0.25, -0.2) is 4.98 Å². The molecule has 0 amide bonds. The topological polar surface area (TPSA) is 35.0 Å². The molecule has 0 aliphatic rings. The van der Waals surface area contributed by atoms with Gasteiger partial charge in [0.2, 0.25) is 5.88 Å². The molecular formula is C15H17BrN2O. The van der Waals surface area contributed by atoms with Crippen molar-refractivity contribution in [2.45, 2.75) is 33.6 Å². The van der Waals surface area contributed by atoms with E-state index in [9.17, 15) is 0 Å². The number of hydrogen-bond acceptors (Lipinski definition) is 3. The summed E-state index contributed by atoms with van der Waals surface area (Å²) in [5.41, 5.74) is 2.45. The summed E-state index contributed by atoms with van der Waals surface area (Å²) in [4.78, 5) is 8.75. The molecule has 0 aliphatic heterocycles. The molecule has 0 aliphatic carbocycles. The normalized spacial score (nSPS) is 10.8. The van der Waals surface area contributed by atoms with Crippen LogP contribution < -0.4 is 4.74 Å². The van der Waals surface area contributed by atoms with Crippen LogP contribution in [-0.4, -0.2) is 9.97 Å². The zero-order valence-corrected chi connectivity index (χ0v) is 13.2. The number of benzene rings is 1. The zero-order chi connectivity index (χ0) is 14.0.